The van der Waals surface area contributed by atoms with Crippen LogP contribution in [0.1, 0.15) is 56.6 Å². The first-order valence-electron chi connectivity index (χ1n) is 5.37. The van der Waals surface area contributed by atoms with Crippen LogP contribution in [0.2, 0.25) is 0 Å². The van der Waals surface area contributed by atoms with E-state index in [1.165, 1.54) is 28.4 Å². The lowest BCUT2D eigenvalue weighted by Crippen LogP contribution is -2.30. The van der Waals surface area contributed by atoms with E-state index in [1.807, 2.05) is 11.3 Å². The first-order valence-corrected chi connectivity index (χ1v) is 6.19. The Bertz CT molecular complexity index is 360. The zero-order valence-electron chi connectivity index (χ0n) is 9.77. The van der Waals surface area contributed by atoms with Gasteiger partial charge in [-0.1, -0.05) is 34.6 Å². The summed E-state index contributed by atoms with van der Waals surface area (Å²) in [5.74, 6) is 0. The van der Waals surface area contributed by atoms with Gasteiger partial charge in [-0.05, 0) is 6.42 Å². The molecule has 1 aliphatic rings. The average molecular weight is 209 g/mol. The molecule has 1 nitrogen and oxygen atoms in total. The zero-order valence-corrected chi connectivity index (χ0v) is 10.6. The van der Waals surface area contributed by atoms with Crippen LogP contribution < -0.4 is 0 Å². The van der Waals surface area contributed by atoms with Gasteiger partial charge < -0.3 is 0 Å². The molecule has 1 aromatic heterocycles. The van der Waals surface area contributed by atoms with Gasteiger partial charge in [0.05, 0.1) is 10.7 Å². The molecule has 0 N–H and O–H groups in total. The van der Waals surface area contributed by atoms with Crippen LogP contribution in [0.15, 0.2) is 0 Å². The van der Waals surface area contributed by atoms with Gasteiger partial charge in [0.1, 0.15) is 0 Å². The van der Waals surface area contributed by atoms with E-state index in [-0.39, 0.29) is 5.41 Å². The van der Waals surface area contributed by atoms with Crippen molar-refractivity contribution in [2.24, 2.45) is 0 Å². The van der Waals surface area contributed by atoms with Gasteiger partial charge in [-0.25, -0.2) is 4.98 Å². The third kappa shape index (κ3) is 1.31. The molecule has 1 heterocycles. The topological polar surface area (TPSA) is 12.9 Å². The van der Waals surface area contributed by atoms with Crippen molar-refractivity contribution in [2.75, 3.05) is 0 Å². The highest BCUT2D eigenvalue weighted by molar-refractivity contribution is 7.12. The second kappa shape index (κ2) is 2.82. The fourth-order valence-electron chi connectivity index (χ4n) is 1.83. The van der Waals surface area contributed by atoms with Crippen LogP contribution in [0.25, 0.3) is 0 Å². The number of nitrogens with zero attached hydrogens (tertiary/aromatic N) is 1. The molecule has 78 valence electrons. The highest BCUT2D eigenvalue weighted by Gasteiger charge is 2.39. The predicted octanol–water partition coefficient (Wildman–Crippen LogP) is 3.66. The van der Waals surface area contributed by atoms with Gasteiger partial charge in [0, 0.05) is 22.1 Å². The number of aromatic nitrogens is 1. The Balaban J connectivity index is 2.37. The van der Waals surface area contributed by atoms with Crippen molar-refractivity contribution in [3.63, 3.8) is 0 Å². The maximum absolute atomic E-state index is 4.75. The van der Waals surface area contributed by atoms with E-state index in [0.717, 1.165) is 0 Å². The third-order valence-electron chi connectivity index (χ3n) is 3.38. The van der Waals surface area contributed by atoms with Crippen LogP contribution in [0, 0.1) is 0 Å². The average Bonchev–Trinajstić information content (AvgIpc) is 2.45. The van der Waals surface area contributed by atoms with Crippen LogP contribution >= 0.6 is 11.3 Å². The fraction of sp³-hybridized carbons (Fsp3) is 0.750. The smallest absolute Gasteiger partial charge is 0.0987 e. The lowest BCUT2D eigenvalue weighted by atomic mass is 9.75. The molecule has 2 rings (SSSR count). The minimum Gasteiger partial charge on any atom is -0.245 e. The minimum absolute atomic E-state index is 0.262. The maximum atomic E-state index is 4.75. The number of thiazole rings is 1. The van der Waals surface area contributed by atoms with Crippen molar-refractivity contribution in [3.05, 3.63) is 15.6 Å². The Kier molecular flexibility index (Phi) is 2.04. The lowest BCUT2D eigenvalue weighted by molar-refractivity contribution is 0.453. The van der Waals surface area contributed by atoms with Crippen LogP contribution in [0.3, 0.4) is 0 Å². The molecule has 0 atom stereocenters. The quantitative estimate of drug-likeness (QED) is 0.724. The summed E-state index contributed by atoms with van der Waals surface area (Å²) in [4.78, 5) is 6.28. The molecular weight excluding hydrogens is 190 g/mol. The highest BCUT2D eigenvalue weighted by atomic mass is 32.1. The van der Waals surface area contributed by atoms with Crippen LogP contribution in [0.4, 0.5) is 0 Å². The molecule has 0 aromatic carbocycles. The summed E-state index contributed by atoms with van der Waals surface area (Å²) in [5, 5.41) is 1.33. The van der Waals surface area contributed by atoms with E-state index in [2.05, 4.69) is 34.6 Å². The van der Waals surface area contributed by atoms with Crippen molar-refractivity contribution in [1.82, 2.24) is 4.98 Å². The zero-order chi connectivity index (χ0) is 10.6. The third-order valence-corrected chi connectivity index (χ3v) is 5.21. The molecule has 1 aromatic rings. The van der Waals surface area contributed by atoms with Gasteiger partial charge in [0.15, 0.2) is 0 Å². The summed E-state index contributed by atoms with van der Waals surface area (Å²) in [6.45, 7) is 11.5. The molecule has 0 saturated carbocycles. The maximum Gasteiger partial charge on any atom is 0.0987 e. The van der Waals surface area contributed by atoms with E-state index < -0.39 is 0 Å². The molecular formula is C12H19NS. The largest absolute Gasteiger partial charge is 0.245 e. The fourth-order valence-corrected chi connectivity index (χ4v) is 3.19. The van der Waals surface area contributed by atoms with Gasteiger partial charge in [-0.2, -0.15) is 0 Å². The number of hydrogen-bond acceptors (Lipinski definition) is 2. The molecule has 0 radical (unpaired) electrons. The molecule has 1 aliphatic carbocycles. The van der Waals surface area contributed by atoms with Crippen molar-refractivity contribution in [3.8, 4) is 0 Å². The molecule has 0 aliphatic heterocycles. The monoisotopic (exact) mass is 209 g/mol. The van der Waals surface area contributed by atoms with Crippen molar-refractivity contribution in [2.45, 2.75) is 58.3 Å². The summed E-state index contributed by atoms with van der Waals surface area (Å²) in [7, 11) is 0. The molecule has 0 fully saturated rings. The molecule has 0 amide bonds. The predicted molar refractivity (Wildman–Crippen MR) is 62.2 cm³/mol. The number of rotatable bonds is 2. The summed E-state index contributed by atoms with van der Waals surface area (Å²) in [6.07, 6.45) is 2.33. The Hall–Kier alpha value is -0.370. The first-order chi connectivity index (χ1) is 6.37. The number of fused-ring (bicyclic) bond motifs is 1. The minimum atomic E-state index is 0.262. The van der Waals surface area contributed by atoms with E-state index in [4.69, 9.17) is 4.98 Å². The second-order valence-electron chi connectivity index (χ2n) is 5.59. The van der Waals surface area contributed by atoms with Crippen LogP contribution in [0.5, 0.6) is 0 Å². The van der Waals surface area contributed by atoms with Crippen LogP contribution in [-0.2, 0) is 17.3 Å². The van der Waals surface area contributed by atoms with E-state index in [1.54, 1.807) is 0 Å². The standard InChI is InChI=1S/C12H19NS/c1-6-11(2,3)10-13-8-7-12(4,5)9(8)14-10/h6-7H2,1-5H3. The van der Waals surface area contributed by atoms with Gasteiger partial charge in [0.25, 0.3) is 0 Å². The molecule has 0 unspecified atom stereocenters. The Labute approximate surface area is 90.6 Å². The molecule has 14 heavy (non-hydrogen) atoms. The van der Waals surface area contributed by atoms with Crippen molar-refractivity contribution in [1.29, 1.82) is 0 Å². The molecule has 0 spiro atoms. The summed E-state index contributed by atoms with van der Waals surface area (Å²) < 4.78 is 0. The molecule has 0 bridgehead atoms. The van der Waals surface area contributed by atoms with Gasteiger partial charge in [-0.15, -0.1) is 11.3 Å². The van der Waals surface area contributed by atoms with Gasteiger partial charge >= 0.3 is 0 Å². The number of hydrogen-bond donors (Lipinski definition) is 0. The van der Waals surface area contributed by atoms with E-state index in [9.17, 15) is 0 Å². The Morgan fingerprint density at radius 2 is 2.07 bits per heavy atom. The summed E-state index contributed by atoms with van der Waals surface area (Å²) in [5.41, 5.74) is 2.02. The lowest BCUT2D eigenvalue weighted by Gasteiger charge is -2.32. The van der Waals surface area contributed by atoms with E-state index in [0.29, 0.717) is 5.41 Å². The summed E-state index contributed by atoms with van der Waals surface area (Å²) >= 11 is 1.93. The Morgan fingerprint density at radius 3 is 2.50 bits per heavy atom. The SMILES string of the molecule is CCC(C)(C)c1nc2c(s1)C(C)(C)C2. The Morgan fingerprint density at radius 1 is 1.43 bits per heavy atom. The van der Waals surface area contributed by atoms with Crippen molar-refractivity contribution >= 4 is 11.3 Å². The van der Waals surface area contributed by atoms with Gasteiger partial charge in [-0.3, -0.25) is 0 Å². The molecule has 0 saturated heterocycles. The normalized spacial score (nSPS) is 18.9. The first kappa shape index (κ1) is 10.2. The van der Waals surface area contributed by atoms with Crippen LogP contribution in [-0.4, -0.2) is 4.98 Å². The van der Waals surface area contributed by atoms with Crippen molar-refractivity contribution < 1.29 is 0 Å². The van der Waals surface area contributed by atoms with Gasteiger partial charge in [0.2, 0.25) is 0 Å². The summed E-state index contributed by atoms with van der Waals surface area (Å²) in [6, 6.07) is 0. The molecule has 2 heteroatoms. The van der Waals surface area contributed by atoms with E-state index >= 15 is 0 Å². The highest BCUT2D eigenvalue weighted by Crippen LogP contribution is 2.46. The second-order valence-corrected chi connectivity index (χ2v) is 6.59.